The number of hydrogen-bond donors (Lipinski definition) is 1. The van der Waals surface area contributed by atoms with Crippen LogP contribution in [0.2, 0.25) is 0 Å². The summed E-state index contributed by atoms with van der Waals surface area (Å²) in [6.07, 6.45) is 4.02. The molecule has 2 aromatic rings. The Bertz CT molecular complexity index is 974. The van der Waals surface area contributed by atoms with Gasteiger partial charge in [-0.15, -0.1) is 0 Å². The van der Waals surface area contributed by atoms with Crippen LogP contribution in [-0.2, 0) is 20.9 Å². The molecule has 2 fully saturated rings. The van der Waals surface area contributed by atoms with Crippen molar-refractivity contribution in [2.75, 3.05) is 25.1 Å². The molecule has 32 heavy (non-hydrogen) atoms. The Morgan fingerprint density at radius 2 is 1.84 bits per heavy atom. The zero-order valence-electron chi connectivity index (χ0n) is 19.8. The summed E-state index contributed by atoms with van der Waals surface area (Å²) >= 11 is 0. The number of rotatable bonds is 9. The van der Waals surface area contributed by atoms with Crippen molar-refractivity contribution in [2.24, 2.45) is 0 Å². The van der Waals surface area contributed by atoms with Gasteiger partial charge in [-0.05, 0) is 80.5 Å². The lowest BCUT2D eigenvalue weighted by molar-refractivity contribution is -0.124. The normalized spacial score (nSPS) is 17.8. The first-order valence-corrected chi connectivity index (χ1v) is 11.8. The Labute approximate surface area is 191 Å². The SMILES string of the molecule is CCOc1c(C)ccc(-c2ccc(NC3(C(C)=O)CCOCC3)cc2COC2CC2)c1C. The van der Waals surface area contributed by atoms with Gasteiger partial charge in [-0.1, -0.05) is 18.2 Å². The van der Waals surface area contributed by atoms with Crippen molar-refractivity contribution in [3.63, 3.8) is 0 Å². The Morgan fingerprint density at radius 3 is 2.50 bits per heavy atom. The van der Waals surface area contributed by atoms with Gasteiger partial charge in [0.2, 0.25) is 0 Å². The highest BCUT2D eigenvalue weighted by Gasteiger charge is 2.37. The van der Waals surface area contributed by atoms with E-state index in [-0.39, 0.29) is 5.78 Å². The summed E-state index contributed by atoms with van der Waals surface area (Å²) < 4.78 is 17.6. The topological polar surface area (TPSA) is 56.8 Å². The van der Waals surface area contributed by atoms with Gasteiger partial charge in [0, 0.05) is 31.7 Å². The van der Waals surface area contributed by atoms with Crippen LogP contribution in [-0.4, -0.2) is 37.2 Å². The number of nitrogens with one attached hydrogen (secondary N) is 1. The monoisotopic (exact) mass is 437 g/mol. The molecule has 1 saturated carbocycles. The van der Waals surface area contributed by atoms with E-state index in [1.54, 1.807) is 6.92 Å². The van der Waals surface area contributed by atoms with Crippen molar-refractivity contribution in [3.05, 3.63) is 47.0 Å². The molecule has 5 heteroatoms. The number of carbonyl (C=O) groups is 1. The summed E-state index contributed by atoms with van der Waals surface area (Å²) in [4.78, 5) is 12.5. The fourth-order valence-corrected chi connectivity index (χ4v) is 4.54. The van der Waals surface area contributed by atoms with Crippen LogP contribution < -0.4 is 10.1 Å². The first-order chi connectivity index (χ1) is 15.4. The summed E-state index contributed by atoms with van der Waals surface area (Å²) in [5.41, 5.74) is 6.12. The summed E-state index contributed by atoms with van der Waals surface area (Å²) in [7, 11) is 0. The lowest BCUT2D eigenvalue weighted by Gasteiger charge is -2.36. The molecule has 0 atom stereocenters. The minimum Gasteiger partial charge on any atom is -0.493 e. The van der Waals surface area contributed by atoms with Crippen LogP contribution in [0.15, 0.2) is 30.3 Å². The van der Waals surface area contributed by atoms with E-state index in [1.165, 1.54) is 0 Å². The quantitative estimate of drug-likeness (QED) is 0.553. The van der Waals surface area contributed by atoms with E-state index in [9.17, 15) is 4.79 Å². The van der Waals surface area contributed by atoms with Gasteiger partial charge in [-0.25, -0.2) is 0 Å². The summed E-state index contributed by atoms with van der Waals surface area (Å²) in [6.45, 7) is 10.3. The maximum Gasteiger partial charge on any atom is 0.155 e. The number of benzene rings is 2. The highest BCUT2D eigenvalue weighted by atomic mass is 16.5. The zero-order chi connectivity index (χ0) is 22.7. The van der Waals surface area contributed by atoms with E-state index < -0.39 is 5.54 Å². The van der Waals surface area contributed by atoms with Crippen LogP contribution in [0, 0.1) is 13.8 Å². The maximum atomic E-state index is 12.5. The smallest absolute Gasteiger partial charge is 0.155 e. The third-order valence-electron chi connectivity index (χ3n) is 6.69. The van der Waals surface area contributed by atoms with Gasteiger partial charge in [0.05, 0.1) is 19.3 Å². The Morgan fingerprint density at radius 1 is 1.12 bits per heavy atom. The first-order valence-electron chi connectivity index (χ1n) is 11.8. The van der Waals surface area contributed by atoms with E-state index in [0.717, 1.165) is 52.1 Å². The molecule has 4 rings (SSSR count). The highest BCUT2D eigenvalue weighted by molar-refractivity contribution is 5.89. The van der Waals surface area contributed by atoms with Crippen LogP contribution in [0.1, 0.15) is 56.2 Å². The van der Waals surface area contributed by atoms with Crippen LogP contribution in [0.3, 0.4) is 0 Å². The second-order valence-electron chi connectivity index (χ2n) is 9.08. The average Bonchev–Trinajstić information content (AvgIpc) is 3.61. The van der Waals surface area contributed by atoms with E-state index in [0.29, 0.717) is 45.4 Å². The molecule has 2 aliphatic rings. The predicted molar refractivity (Wildman–Crippen MR) is 127 cm³/mol. The molecule has 0 unspecified atom stereocenters. The lowest BCUT2D eigenvalue weighted by Crippen LogP contribution is -2.49. The van der Waals surface area contributed by atoms with Gasteiger partial charge < -0.3 is 19.5 Å². The van der Waals surface area contributed by atoms with Crippen molar-refractivity contribution in [3.8, 4) is 16.9 Å². The number of ketones is 1. The van der Waals surface area contributed by atoms with Gasteiger partial charge in [-0.3, -0.25) is 4.79 Å². The Balaban J connectivity index is 1.70. The molecular weight excluding hydrogens is 402 g/mol. The average molecular weight is 438 g/mol. The number of carbonyl (C=O) groups excluding carboxylic acids is 1. The third kappa shape index (κ3) is 4.84. The van der Waals surface area contributed by atoms with E-state index >= 15 is 0 Å². The molecule has 1 N–H and O–H groups in total. The lowest BCUT2D eigenvalue weighted by atomic mass is 9.85. The molecule has 0 radical (unpaired) electrons. The molecule has 1 heterocycles. The largest absolute Gasteiger partial charge is 0.493 e. The molecule has 172 valence electrons. The van der Waals surface area contributed by atoms with Crippen molar-refractivity contribution < 1.29 is 19.0 Å². The number of hydrogen-bond acceptors (Lipinski definition) is 5. The summed E-state index contributed by atoms with van der Waals surface area (Å²) in [5.74, 6) is 1.12. The number of Topliss-reactive ketones (excluding diaryl/α,β-unsaturated/α-hetero) is 1. The van der Waals surface area contributed by atoms with Crippen molar-refractivity contribution in [1.29, 1.82) is 0 Å². The molecule has 0 aromatic heterocycles. The van der Waals surface area contributed by atoms with Gasteiger partial charge in [0.1, 0.15) is 11.3 Å². The van der Waals surface area contributed by atoms with E-state index in [2.05, 4.69) is 49.5 Å². The number of ether oxygens (including phenoxy) is 3. The maximum absolute atomic E-state index is 12.5. The van der Waals surface area contributed by atoms with Crippen LogP contribution in [0.25, 0.3) is 11.1 Å². The number of anilines is 1. The molecule has 1 aliphatic carbocycles. The van der Waals surface area contributed by atoms with Crippen molar-refractivity contribution in [2.45, 2.75) is 71.6 Å². The zero-order valence-corrected chi connectivity index (χ0v) is 19.8. The summed E-state index contributed by atoms with van der Waals surface area (Å²) in [6, 6.07) is 10.7. The second kappa shape index (κ2) is 9.63. The van der Waals surface area contributed by atoms with Gasteiger partial charge in [-0.2, -0.15) is 0 Å². The van der Waals surface area contributed by atoms with Crippen LogP contribution in [0.5, 0.6) is 5.75 Å². The Hall–Kier alpha value is -2.37. The minimum atomic E-state index is -0.559. The molecule has 0 spiro atoms. The number of aryl methyl sites for hydroxylation is 1. The van der Waals surface area contributed by atoms with Gasteiger partial charge in [0.25, 0.3) is 0 Å². The molecule has 0 amide bonds. The highest BCUT2D eigenvalue weighted by Crippen LogP contribution is 2.37. The predicted octanol–water partition coefficient (Wildman–Crippen LogP) is 5.60. The van der Waals surface area contributed by atoms with E-state index in [4.69, 9.17) is 14.2 Å². The van der Waals surface area contributed by atoms with Gasteiger partial charge in [0.15, 0.2) is 5.78 Å². The molecule has 2 aromatic carbocycles. The van der Waals surface area contributed by atoms with E-state index in [1.807, 2.05) is 6.92 Å². The molecule has 0 bridgehead atoms. The molecule has 5 nitrogen and oxygen atoms in total. The van der Waals surface area contributed by atoms with Crippen LogP contribution in [0.4, 0.5) is 5.69 Å². The standard InChI is InChI=1S/C27H35NO4/c1-5-31-26-18(2)6-10-24(19(26)3)25-11-7-22(16-21(25)17-32-23-8-9-23)28-27(20(4)29)12-14-30-15-13-27/h6-7,10-11,16,23,28H,5,8-9,12-15,17H2,1-4H3. The van der Waals surface area contributed by atoms with Crippen LogP contribution >= 0.6 is 0 Å². The second-order valence-corrected chi connectivity index (χ2v) is 9.08. The minimum absolute atomic E-state index is 0.163. The fraction of sp³-hybridized carbons (Fsp3) is 0.519. The Kier molecular flexibility index (Phi) is 6.87. The molecule has 1 saturated heterocycles. The molecular formula is C27H35NO4. The summed E-state index contributed by atoms with van der Waals surface area (Å²) in [5, 5.41) is 3.56. The van der Waals surface area contributed by atoms with Crippen molar-refractivity contribution >= 4 is 11.5 Å². The third-order valence-corrected chi connectivity index (χ3v) is 6.69. The van der Waals surface area contributed by atoms with Crippen molar-refractivity contribution in [1.82, 2.24) is 0 Å². The first kappa shape index (κ1) is 22.8. The molecule has 1 aliphatic heterocycles. The van der Waals surface area contributed by atoms with Gasteiger partial charge >= 0.3 is 0 Å². The fourth-order valence-electron chi connectivity index (χ4n) is 4.54.